The molecule has 378 valence electrons. The third kappa shape index (κ3) is 22.8. The Bertz CT molecular complexity index is 2260. The Balaban J connectivity index is 1.45. The number of benzene rings is 4. The molecule has 4 rings (SSSR count). The van der Waals surface area contributed by atoms with E-state index in [9.17, 15) is 33.3 Å². The molecule has 0 aliphatic rings. The topological polar surface area (TPSA) is 220 Å². The van der Waals surface area contributed by atoms with Gasteiger partial charge >= 0.3 is 37.7 Å². The van der Waals surface area contributed by atoms with Crippen LogP contribution in [0.3, 0.4) is 0 Å². The number of nitrogens with one attached hydrogen (secondary N) is 3. The van der Waals surface area contributed by atoms with Crippen molar-refractivity contribution in [2.45, 2.75) is 129 Å². The molecule has 17 nitrogen and oxygen atoms in total. The summed E-state index contributed by atoms with van der Waals surface area (Å²) in [4.78, 5) is 79.6. The fraction of sp³-hybridized carbons (Fsp3) is 0.423. The van der Waals surface area contributed by atoms with Gasteiger partial charge in [-0.2, -0.15) is 0 Å². The summed E-state index contributed by atoms with van der Waals surface area (Å²) >= 11 is 0. The summed E-state index contributed by atoms with van der Waals surface area (Å²) in [7, 11) is -4.32. The van der Waals surface area contributed by atoms with E-state index < -0.39 is 67.4 Å². The van der Waals surface area contributed by atoms with E-state index in [1.54, 1.807) is 93.6 Å². The van der Waals surface area contributed by atoms with Gasteiger partial charge in [0.25, 0.3) is 0 Å². The van der Waals surface area contributed by atoms with Crippen molar-refractivity contribution in [1.82, 2.24) is 15.7 Å². The van der Waals surface area contributed by atoms with E-state index in [-0.39, 0.29) is 78.2 Å². The second-order valence-electron chi connectivity index (χ2n) is 17.2. The van der Waals surface area contributed by atoms with Gasteiger partial charge in [0.05, 0.1) is 13.2 Å². The molecule has 18 heteroatoms. The lowest BCUT2D eigenvalue weighted by Gasteiger charge is -2.25. The molecule has 0 spiro atoms. The third-order valence-electron chi connectivity index (χ3n) is 10.1. The van der Waals surface area contributed by atoms with Gasteiger partial charge in [0, 0.05) is 12.8 Å². The van der Waals surface area contributed by atoms with E-state index in [1.807, 2.05) is 55.5 Å². The predicted octanol–water partition coefficient (Wildman–Crippen LogP) is 8.58. The zero-order chi connectivity index (χ0) is 50.6. The number of alkyl carbamates (subject to hydrolysis) is 1. The minimum Gasteiger partial charge on any atom is -0.461 e. The van der Waals surface area contributed by atoms with Crippen molar-refractivity contribution in [2.75, 3.05) is 13.2 Å². The summed E-state index contributed by atoms with van der Waals surface area (Å²) in [6.07, 6.45) is -0.687. The lowest BCUT2D eigenvalue weighted by Crippen LogP contribution is -2.46. The van der Waals surface area contributed by atoms with Gasteiger partial charge in [0.2, 0.25) is 5.91 Å². The molecule has 4 aromatic rings. The molecule has 2 amide bonds. The first-order valence-corrected chi connectivity index (χ1v) is 24.9. The number of hydrogen-bond acceptors (Lipinski definition) is 14. The van der Waals surface area contributed by atoms with E-state index in [1.165, 1.54) is 0 Å². The van der Waals surface area contributed by atoms with Crippen LogP contribution in [0.15, 0.2) is 121 Å². The molecule has 0 saturated carbocycles. The molecule has 2 unspecified atom stereocenters. The molecular formula is C52H66N3O14P. The number of esters is 4. The average molecular weight is 988 g/mol. The minimum atomic E-state index is -4.32. The summed E-state index contributed by atoms with van der Waals surface area (Å²) in [5.74, 6) is -3.63. The van der Waals surface area contributed by atoms with Gasteiger partial charge in [-0.05, 0) is 75.1 Å². The maximum absolute atomic E-state index is 14.4. The number of unbranched alkanes of at least 4 members (excludes halogenated alkanes) is 1. The molecule has 4 atom stereocenters. The number of carbonyl (C=O) groups is 6. The van der Waals surface area contributed by atoms with Gasteiger partial charge in [-0.1, -0.05) is 135 Å². The highest BCUT2D eigenvalue weighted by Crippen LogP contribution is 2.45. The van der Waals surface area contributed by atoms with Gasteiger partial charge in [0.1, 0.15) is 50.2 Å². The van der Waals surface area contributed by atoms with Gasteiger partial charge in [-0.25, -0.2) is 24.0 Å². The zero-order valence-corrected chi connectivity index (χ0v) is 41.2. The van der Waals surface area contributed by atoms with Crippen LogP contribution in [-0.4, -0.2) is 72.8 Å². The van der Waals surface area contributed by atoms with Crippen LogP contribution in [0, 0.1) is 0 Å². The molecule has 0 aliphatic heterocycles. The first-order chi connectivity index (χ1) is 33.6. The lowest BCUT2D eigenvalue weighted by molar-refractivity contribution is -0.150. The van der Waals surface area contributed by atoms with Crippen molar-refractivity contribution in [1.29, 1.82) is 0 Å². The largest absolute Gasteiger partial charge is 0.461 e. The summed E-state index contributed by atoms with van der Waals surface area (Å²) in [5, 5.41) is 7.87. The van der Waals surface area contributed by atoms with Crippen LogP contribution in [0.5, 0.6) is 0 Å². The molecular weight excluding hydrogens is 922 g/mol. The smallest absolute Gasteiger partial charge is 0.408 e. The Hall–Kier alpha value is -6.39. The number of hydrogen-bond donors (Lipinski definition) is 3. The Morgan fingerprint density at radius 1 is 0.514 bits per heavy atom. The molecule has 0 aliphatic carbocycles. The van der Waals surface area contributed by atoms with Crippen LogP contribution in [0.25, 0.3) is 0 Å². The van der Waals surface area contributed by atoms with E-state index in [2.05, 4.69) is 15.7 Å². The number of rotatable bonds is 30. The van der Waals surface area contributed by atoms with Crippen LogP contribution in [0.2, 0.25) is 0 Å². The minimum absolute atomic E-state index is 0.000249. The molecule has 0 radical (unpaired) electrons. The van der Waals surface area contributed by atoms with Crippen LogP contribution < -0.4 is 15.7 Å². The summed E-state index contributed by atoms with van der Waals surface area (Å²) < 4.78 is 53.5. The van der Waals surface area contributed by atoms with Crippen LogP contribution in [-0.2, 0) is 87.7 Å². The maximum Gasteiger partial charge on any atom is 0.408 e. The molecule has 0 saturated heterocycles. The number of ether oxygens (including phenoxy) is 5. The molecule has 0 aromatic heterocycles. The van der Waals surface area contributed by atoms with E-state index in [0.717, 1.165) is 5.56 Å². The highest BCUT2D eigenvalue weighted by atomic mass is 31.2. The molecule has 70 heavy (non-hydrogen) atoms. The summed E-state index contributed by atoms with van der Waals surface area (Å²) in [6, 6.07) is 32.0. The van der Waals surface area contributed by atoms with Crippen LogP contribution >= 0.6 is 7.75 Å². The average Bonchev–Trinajstić information content (AvgIpc) is 3.35. The van der Waals surface area contributed by atoms with Gasteiger partial charge in [0.15, 0.2) is 0 Å². The molecule has 4 aromatic carbocycles. The van der Waals surface area contributed by atoms with Crippen molar-refractivity contribution in [3.63, 3.8) is 0 Å². The standard InChI is InChI=1S/C52H66N3O14P/c1-5-6-33-67-70(62,55-45(50(60)66-38-42-26-17-10-18-27-42)30-32-47(57)63-35-39-20-11-7-12-21-39)68-34-19-28-43(48(58)64-36-40-22-13-8-14-23-40)53-46(56)31-29-44(54-51(61)69-52(2,3)4)49(59)65-37-41-24-15-9-16-25-41/h7-18,20-27,43-45H,5-6,19,28-38H2,1-4H3,(H,53,56)(H,54,61)(H,55,62)/t43-,44?,45?,70+/m1/s1. The molecule has 0 fully saturated rings. The van der Waals surface area contributed by atoms with Gasteiger partial charge in [-0.3, -0.25) is 23.4 Å². The highest BCUT2D eigenvalue weighted by Gasteiger charge is 2.34. The Morgan fingerprint density at radius 2 is 0.914 bits per heavy atom. The number of carbonyl (C=O) groups excluding carboxylic acids is 6. The Kier molecular flexibility index (Phi) is 24.3. The first kappa shape index (κ1) is 56.2. The van der Waals surface area contributed by atoms with E-state index in [0.29, 0.717) is 29.5 Å². The second-order valence-corrected chi connectivity index (χ2v) is 18.9. The van der Waals surface area contributed by atoms with Crippen LogP contribution in [0.1, 0.15) is 101 Å². The predicted molar refractivity (Wildman–Crippen MR) is 259 cm³/mol. The van der Waals surface area contributed by atoms with Crippen molar-refractivity contribution in [3.8, 4) is 0 Å². The molecule has 3 N–H and O–H groups in total. The van der Waals surface area contributed by atoms with Crippen molar-refractivity contribution >= 4 is 43.6 Å². The van der Waals surface area contributed by atoms with E-state index >= 15 is 0 Å². The normalized spacial score (nSPS) is 13.3. The Labute approximate surface area is 410 Å². The highest BCUT2D eigenvalue weighted by molar-refractivity contribution is 7.51. The third-order valence-corrected chi connectivity index (χ3v) is 11.7. The summed E-state index contributed by atoms with van der Waals surface area (Å²) in [6.45, 7) is 6.37. The van der Waals surface area contributed by atoms with Crippen LogP contribution in [0.4, 0.5) is 4.79 Å². The SMILES string of the molecule is CCCCO[P@@](=O)(NC(CCC(=O)OCc1ccccc1)C(=O)OCc1ccccc1)OCCC[C@@H](NC(=O)CCC(NC(=O)OC(C)(C)C)C(=O)OCc1ccccc1)C(=O)OCc1ccccc1. The molecule has 0 bridgehead atoms. The van der Waals surface area contributed by atoms with Gasteiger partial charge < -0.3 is 34.3 Å². The van der Waals surface area contributed by atoms with Crippen molar-refractivity contribution < 1.29 is 66.1 Å². The zero-order valence-electron chi connectivity index (χ0n) is 40.3. The monoisotopic (exact) mass is 987 g/mol. The maximum atomic E-state index is 14.4. The summed E-state index contributed by atoms with van der Waals surface area (Å²) in [5.41, 5.74) is 2.02. The Morgan fingerprint density at radius 3 is 1.36 bits per heavy atom. The lowest BCUT2D eigenvalue weighted by atomic mass is 10.1. The second kappa shape index (κ2) is 30.3. The quantitative estimate of drug-likeness (QED) is 0.0193. The van der Waals surface area contributed by atoms with Crippen molar-refractivity contribution in [3.05, 3.63) is 144 Å². The number of amides is 2. The van der Waals surface area contributed by atoms with E-state index in [4.69, 9.17) is 32.7 Å². The fourth-order valence-corrected chi connectivity index (χ4v) is 7.97. The molecule has 0 heterocycles. The van der Waals surface area contributed by atoms with Crippen molar-refractivity contribution in [2.24, 2.45) is 0 Å². The first-order valence-electron chi connectivity index (χ1n) is 23.4. The fourth-order valence-electron chi connectivity index (χ4n) is 6.39. The van der Waals surface area contributed by atoms with Gasteiger partial charge in [-0.15, -0.1) is 0 Å².